The van der Waals surface area contributed by atoms with Crippen LogP contribution in [0.2, 0.25) is 0 Å². The van der Waals surface area contributed by atoms with E-state index in [0.717, 1.165) is 32.7 Å². The first kappa shape index (κ1) is 30.9. The Bertz CT molecular complexity index is 1330. The van der Waals surface area contributed by atoms with Crippen LogP contribution in [-0.2, 0) is 14.4 Å². The lowest BCUT2D eigenvalue weighted by molar-refractivity contribution is -0.165. The van der Waals surface area contributed by atoms with Gasteiger partial charge in [-0.3, -0.25) is 4.79 Å². The summed E-state index contributed by atoms with van der Waals surface area (Å²) in [6.45, 7) is 1.23. The number of likely N-dealkylation sites (N-methyl/N-ethyl adjacent to an activating group) is 1. The number of ether oxygens (including phenoxy) is 1. The second-order valence-electron chi connectivity index (χ2n) is 9.25. The van der Waals surface area contributed by atoms with E-state index in [1.54, 1.807) is 23.8 Å². The van der Waals surface area contributed by atoms with Crippen molar-refractivity contribution in [3.8, 4) is 5.75 Å². The van der Waals surface area contributed by atoms with Gasteiger partial charge in [-0.25, -0.2) is 9.59 Å². The summed E-state index contributed by atoms with van der Waals surface area (Å²) in [5.74, 6) is -3.05. The molecule has 4 rings (SSSR count). The summed E-state index contributed by atoms with van der Waals surface area (Å²) in [6.07, 6.45) is -5.67. The van der Waals surface area contributed by atoms with Crippen LogP contribution in [0.4, 0.5) is 5.69 Å². The molecule has 11 nitrogen and oxygen atoms in total. The molecule has 214 valence electrons. The van der Waals surface area contributed by atoms with Crippen LogP contribution in [-0.4, -0.2) is 101 Å². The molecule has 4 atom stereocenters. The molecular formula is C28H32N2O9S. The summed E-state index contributed by atoms with van der Waals surface area (Å²) in [5, 5.41) is 45.5. The molecule has 1 aliphatic rings. The first-order valence-electron chi connectivity index (χ1n) is 12.2. The monoisotopic (exact) mass is 572 g/mol. The maximum Gasteiger partial charge on any atom is 0.335 e. The number of carboxylic acids is 2. The predicted molar refractivity (Wildman–Crippen MR) is 150 cm³/mol. The zero-order valence-corrected chi connectivity index (χ0v) is 23.0. The number of aliphatic hydroxyl groups excluding tert-OH is 3. The number of carbonyl (C=O) groups excluding carboxylic acids is 1. The quantitative estimate of drug-likeness (QED) is 0.267. The van der Waals surface area contributed by atoms with Crippen molar-refractivity contribution in [3.63, 3.8) is 0 Å². The van der Waals surface area contributed by atoms with Crippen molar-refractivity contribution in [2.75, 3.05) is 39.2 Å². The molecule has 0 spiro atoms. The summed E-state index contributed by atoms with van der Waals surface area (Å²) in [4.78, 5) is 37.7. The molecular weight excluding hydrogens is 540 g/mol. The van der Waals surface area contributed by atoms with Gasteiger partial charge in [0.2, 0.25) is 0 Å². The molecule has 0 aromatic heterocycles. The average molecular weight is 573 g/mol. The number of hydrogen-bond acceptors (Lipinski definition) is 9. The second-order valence-corrected chi connectivity index (χ2v) is 10.4. The van der Waals surface area contributed by atoms with Crippen molar-refractivity contribution in [1.29, 1.82) is 0 Å². The topological polar surface area (TPSA) is 168 Å². The highest BCUT2D eigenvalue weighted by Gasteiger charge is 2.38. The minimum absolute atomic E-state index is 0.265. The van der Waals surface area contributed by atoms with Gasteiger partial charge >= 0.3 is 11.9 Å². The lowest BCUT2D eigenvalue weighted by atomic mass is 10.1. The van der Waals surface area contributed by atoms with Crippen LogP contribution in [0.3, 0.4) is 0 Å². The van der Waals surface area contributed by atoms with Gasteiger partial charge in [0.15, 0.2) is 12.2 Å². The molecule has 0 saturated carbocycles. The summed E-state index contributed by atoms with van der Waals surface area (Å²) in [5.41, 5.74) is 1.76. The molecule has 3 aromatic rings. The molecule has 40 heavy (non-hydrogen) atoms. The van der Waals surface area contributed by atoms with Gasteiger partial charge in [0.1, 0.15) is 11.9 Å². The van der Waals surface area contributed by atoms with Gasteiger partial charge in [-0.2, -0.15) is 0 Å². The van der Waals surface area contributed by atoms with Gasteiger partial charge in [0.05, 0.1) is 18.0 Å². The molecule has 0 radical (unpaired) electrons. The number of fused-ring (bicyclic) bond motifs is 3. The van der Waals surface area contributed by atoms with Crippen molar-refractivity contribution in [3.05, 3.63) is 66.2 Å². The van der Waals surface area contributed by atoms with E-state index in [4.69, 9.17) is 25.2 Å². The fourth-order valence-corrected chi connectivity index (χ4v) is 5.42. The molecule has 2 unspecified atom stereocenters. The number of nitrogens with zero attached hydrogens (tertiary/aromatic N) is 2. The van der Waals surface area contributed by atoms with Crippen LogP contribution in [0.5, 0.6) is 5.75 Å². The third-order valence-corrected chi connectivity index (χ3v) is 7.67. The molecule has 1 aliphatic heterocycles. The van der Waals surface area contributed by atoms with E-state index in [1.165, 1.54) is 0 Å². The Morgan fingerprint density at radius 1 is 0.975 bits per heavy atom. The molecule has 1 amide bonds. The summed E-state index contributed by atoms with van der Waals surface area (Å²) < 4.78 is 5.27. The smallest absolute Gasteiger partial charge is 0.335 e. The highest BCUT2D eigenvalue weighted by Crippen LogP contribution is 2.48. The molecule has 0 saturated heterocycles. The van der Waals surface area contributed by atoms with Crippen LogP contribution >= 0.6 is 11.8 Å². The van der Waals surface area contributed by atoms with Crippen LogP contribution in [0.15, 0.2) is 65.6 Å². The van der Waals surface area contributed by atoms with Crippen molar-refractivity contribution >= 4 is 46.1 Å². The van der Waals surface area contributed by atoms with Crippen molar-refractivity contribution in [1.82, 2.24) is 4.90 Å². The van der Waals surface area contributed by atoms with E-state index < -0.39 is 35.5 Å². The van der Waals surface area contributed by atoms with Crippen molar-refractivity contribution in [2.45, 2.75) is 28.5 Å². The fourth-order valence-electron chi connectivity index (χ4n) is 4.01. The SMILES string of the molecule is COc1ccc([C@H]2Sc3c(ccc4ccccc34)N(CCN(C)C)C(=O)[C@H]2O)cc1.O=C(O)C(O)C(O)C(=O)O. The first-order valence-corrected chi connectivity index (χ1v) is 13.1. The number of anilines is 1. The van der Waals surface area contributed by atoms with Gasteiger partial charge in [-0.05, 0) is 48.6 Å². The summed E-state index contributed by atoms with van der Waals surface area (Å²) in [6, 6.07) is 19.8. The minimum atomic E-state index is -2.27. The zero-order chi connectivity index (χ0) is 29.6. The van der Waals surface area contributed by atoms with Crippen molar-refractivity contribution < 1.29 is 44.7 Å². The van der Waals surface area contributed by atoms with E-state index in [1.807, 2.05) is 67.5 Å². The Kier molecular flexibility index (Phi) is 10.5. The molecule has 3 aromatic carbocycles. The van der Waals surface area contributed by atoms with Crippen molar-refractivity contribution in [2.24, 2.45) is 0 Å². The maximum absolute atomic E-state index is 13.4. The Morgan fingerprint density at radius 3 is 2.12 bits per heavy atom. The first-order chi connectivity index (χ1) is 19.0. The number of benzene rings is 3. The highest BCUT2D eigenvalue weighted by atomic mass is 32.2. The normalized spacial score (nSPS) is 18.3. The number of thioether (sulfide) groups is 1. The minimum Gasteiger partial charge on any atom is -0.497 e. The molecule has 1 heterocycles. The van der Waals surface area contributed by atoms with E-state index in [-0.39, 0.29) is 5.91 Å². The van der Waals surface area contributed by atoms with Gasteiger partial charge in [0.25, 0.3) is 5.91 Å². The van der Waals surface area contributed by atoms with E-state index in [2.05, 4.69) is 12.1 Å². The number of carboxylic acid groups (broad SMARTS) is 2. The molecule has 0 bridgehead atoms. The van der Waals surface area contributed by atoms with E-state index in [0.29, 0.717) is 13.1 Å². The van der Waals surface area contributed by atoms with E-state index >= 15 is 0 Å². The number of carbonyl (C=O) groups is 3. The number of amides is 1. The Morgan fingerprint density at radius 2 is 1.57 bits per heavy atom. The maximum atomic E-state index is 13.4. The molecule has 5 N–H and O–H groups in total. The predicted octanol–water partition coefficient (Wildman–Crippen LogP) is 1.83. The van der Waals surface area contributed by atoms with Crippen LogP contribution < -0.4 is 9.64 Å². The van der Waals surface area contributed by atoms with Crippen LogP contribution in [0, 0.1) is 0 Å². The number of aliphatic carboxylic acids is 2. The summed E-state index contributed by atoms with van der Waals surface area (Å²) in [7, 11) is 5.59. The van der Waals surface area contributed by atoms with Gasteiger partial charge < -0.3 is 40.1 Å². The number of aliphatic hydroxyl groups is 3. The van der Waals surface area contributed by atoms with Gasteiger partial charge in [-0.15, -0.1) is 11.8 Å². The molecule has 12 heteroatoms. The molecule has 0 aliphatic carbocycles. The van der Waals surface area contributed by atoms with Crippen LogP contribution in [0.1, 0.15) is 10.8 Å². The third-order valence-electron chi connectivity index (χ3n) is 6.22. The largest absolute Gasteiger partial charge is 0.497 e. The third kappa shape index (κ3) is 7.09. The lowest BCUT2D eigenvalue weighted by Gasteiger charge is -2.26. The van der Waals surface area contributed by atoms with Gasteiger partial charge in [-0.1, -0.05) is 42.5 Å². The molecule has 0 fully saturated rings. The Balaban J connectivity index is 0.000000378. The standard InChI is InChI=1S/C24H26N2O3S.C4H6O6/c1-25(2)14-15-26-20-13-10-16-6-4-5-7-19(16)23(20)30-22(21(27)24(26)28)17-8-11-18(29-3)12-9-17;5-1(3(7)8)2(6)4(9)10/h4-13,21-22,27H,14-15H2,1-3H3;1-2,5-6H,(H,7,8)(H,9,10)/t21-,22+;/m0./s1. The average Bonchev–Trinajstić information content (AvgIpc) is 3.05. The highest BCUT2D eigenvalue weighted by molar-refractivity contribution is 8.00. The second kappa shape index (κ2) is 13.6. The summed E-state index contributed by atoms with van der Waals surface area (Å²) >= 11 is 1.56. The number of hydrogen-bond donors (Lipinski definition) is 5. The fraction of sp³-hybridized carbons (Fsp3) is 0.321. The van der Waals surface area contributed by atoms with Crippen LogP contribution in [0.25, 0.3) is 10.8 Å². The van der Waals surface area contributed by atoms with E-state index in [9.17, 15) is 19.5 Å². The Labute approximate surface area is 235 Å². The number of methoxy groups -OCH3 is 1. The number of rotatable bonds is 8. The lowest BCUT2D eigenvalue weighted by Crippen LogP contribution is -2.43. The zero-order valence-electron chi connectivity index (χ0n) is 22.2. The Hall–Kier alpha value is -3.68. The van der Waals surface area contributed by atoms with Gasteiger partial charge in [0, 0.05) is 18.0 Å².